The second-order valence-electron chi connectivity index (χ2n) is 8.80. The lowest BCUT2D eigenvalue weighted by Gasteiger charge is -2.68. The summed E-state index contributed by atoms with van der Waals surface area (Å²) in [6, 6.07) is 12.1. The van der Waals surface area contributed by atoms with E-state index in [0.29, 0.717) is 39.7 Å². The maximum absolute atomic E-state index is 12.6. The van der Waals surface area contributed by atoms with Crippen LogP contribution in [0.1, 0.15) is 32.1 Å². The first kappa shape index (κ1) is 20.6. The largest absolute Gasteiger partial charge is 0.493 e. The van der Waals surface area contributed by atoms with Gasteiger partial charge >= 0.3 is 5.97 Å². The number of fused-ring (bicyclic) bond motifs is 1. The van der Waals surface area contributed by atoms with Gasteiger partial charge in [-0.2, -0.15) is 0 Å². The Morgan fingerprint density at radius 2 is 1.97 bits per heavy atom. The van der Waals surface area contributed by atoms with Gasteiger partial charge in [-0.3, -0.25) is 9.59 Å². The molecule has 0 saturated heterocycles. The number of carboxylic acids is 1. The second-order valence-corrected chi connectivity index (χ2v) is 10.1. The average Bonchev–Trinajstić information content (AvgIpc) is 2.66. The minimum absolute atomic E-state index is 0.163. The van der Waals surface area contributed by atoms with Crippen LogP contribution < -0.4 is 10.2 Å². The van der Waals surface area contributed by atoms with Gasteiger partial charge in [-0.25, -0.2) is 0 Å². The van der Waals surface area contributed by atoms with Crippen molar-refractivity contribution >= 4 is 44.5 Å². The zero-order valence-corrected chi connectivity index (χ0v) is 19.0. The average molecular weight is 504 g/mol. The molecule has 2 aromatic carbocycles. The molecule has 7 heteroatoms. The predicted octanol–water partition coefficient (Wildman–Crippen LogP) is 6.29. The van der Waals surface area contributed by atoms with Crippen LogP contribution in [0.2, 0.25) is 5.02 Å². The molecule has 160 valence electrons. The first-order chi connectivity index (χ1) is 14.8. The van der Waals surface area contributed by atoms with Gasteiger partial charge in [0.25, 0.3) is 0 Å². The van der Waals surface area contributed by atoms with Crippen LogP contribution in [0.5, 0.6) is 5.75 Å². The molecule has 3 aromatic rings. The van der Waals surface area contributed by atoms with Crippen LogP contribution in [0.25, 0.3) is 22.3 Å². The Morgan fingerprint density at radius 3 is 2.71 bits per heavy atom. The van der Waals surface area contributed by atoms with Crippen LogP contribution in [0.4, 0.5) is 0 Å². The summed E-state index contributed by atoms with van der Waals surface area (Å²) in [5, 5.41) is 10.1. The minimum atomic E-state index is -0.651. The molecule has 3 fully saturated rings. The molecule has 0 radical (unpaired) electrons. The number of hydrogen-bond donors (Lipinski definition) is 1. The van der Waals surface area contributed by atoms with Gasteiger partial charge in [-0.1, -0.05) is 33.6 Å². The van der Waals surface area contributed by atoms with Crippen molar-refractivity contribution in [2.75, 3.05) is 6.61 Å². The number of para-hydroxylation sites is 1. The highest BCUT2D eigenvalue weighted by Crippen LogP contribution is 2.75. The highest BCUT2D eigenvalue weighted by Gasteiger charge is 2.71. The van der Waals surface area contributed by atoms with Crippen molar-refractivity contribution in [3.63, 3.8) is 0 Å². The molecule has 2 bridgehead atoms. The predicted molar refractivity (Wildman–Crippen MR) is 122 cm³/mol. The van der Waals surface area contributed by atoms with E-state index in [2.05, 4.69) is 15.9 Å². The van der Waals surface area contributed by atoms with Crippen LogP contribution in [0.3, 0.4) is 0 Å². The lowest BCUT2D eigenvalue weighted by Crippen LogP contribution is -2.65. The molecule has 1 aromatic heterocycles. The molecule has 31 heavy (non-hydrogen) atoms. The first-order valence-electron chi connectivity index (χ1n) is 10.2. The summed E-state index contributed by atoms with van der Waals surface area (Å²) in [4.78, 5) is 23.8. The Bertz CT molecular complexity index is 1240. The number of aliphatic carboxylic acids is 1. The molecule has 3 saturated carbocycles. The molecule has 0 amide bonds. The number of hydrogen-bond acceptors (Lipinski definition) is 4. The molecule has 0 spiro atoms. The van der Waals surface area contributed by atoms with Crippen molar-refractivity contribution < 1.29 is 19.1 Å². The summed E-state index contributed by atoms with van der Waals surface area (Å²) < 4.78 is 12.9. The molecular weight excluding hydrogens is 484 g/mol. The van der Waals surface area contributed by atoms with Gasteiger partial charge in [0, 0.05) is 10.5 Å². The number of benzene rings is 2. The second kappa shape index (κ2) is 7.38. The van der Waals surface area contributed by atoms with E-state index in [1.807, 2.05) is 18.2 Å². The van der Waals surface area contributed by atoms with Crippen LogP contribution >= 0.6 is 27.5 Å². The molecule has 1 N–H and O–H groups in total. The number of carboxylic acid groups (broad SMARTS) is 1. The van der Waals surface area contributed by atoms with E-state index >= 15 is 0 Å². The van der Waals surface area contributed by atoms with E-state index < -0.39 is 11.4 Å². The normalized spacial score (nSPS) is 23.8. The monoisotopic (exact) mass is 502 g/mol. The molecule has 5 nitrogen and oxygen atoms in total. The topological polar surface area (TPSA) is 76.7 Å². The van der Waals surface area contributed by atoms with Crippen LogP contribution in [-0.4, -0.2) is 17.7 Å². The minimum Gasteiger partial charge on any atom is -0.493 e. The molecule has 6 rings (SSSR count). The van der Waals surface area contributed by atoms with Crippen molar-refractivity contribution in [1.82, 2.24) is 0 Å². The highest BCUT2D eigenvalue weighted by molar-refractivity contribution is 9.10. The molecule has 1 heterocycles. The van der Waals surface area contributed by atoms with Gasteiger partial charge < -0.3 is 14.3 Å². The van der Waals surface area contributed by atoms with Crippen LogP contribution in [-0.2, 0) is 4.79 Å². The summed E-state index contributed by atoms with van der Waals surface area (Å²) in [5.41, 5.74) is 0.634. The Labute approximate surface area is 192 Å². The quantitative estimate of drug-likeness (QED) is 0.383. The third kappa shape index (κ3) is 3.46. The SMILES string of the molecule is O=C(O)C12CC(CCCOc3cc(Br)ccc3-c3cc(=O)c4cccc(Cl)c4o3)(C1)C2. The van der Waals surface area contributed by atoms with Gasteiger partial charge in [0.1, 0.15) is 11.5 Å². The molecule has 3 aliphatic carbocycles. The van der Waals surface area contributed by atoms with Gasteiger partial charge in [-0.15, -0.1) is 0 Å². The molecule has 3 aliphatic rings. The maximum atomic E-state index is 12.6. The number of carbonyl (C=O) groups is 1. The van der Waals surface area contributed by atoms with E-state index in [9.17, 15) is 14.7 Å². The van der Waals surface area contributed by atoms with E-state index in [1.165, 1.54) is 6.07 Å². The first-order valence-corrected chi connectivity index (χ1v) is 11.4. The Morgan fingerprint density at radius 1 is 1.19 bits per heavy atom. The van der Waals surface area contributed by atoms with Gasteiger partial charge in [0.2, 0.25) is 0 Å². The maximum Gasteiger partial charge on any atom is 0.309 e. The Hall–Kier alpha value is -2.31. The summed E-state index contributed by atoms with van der Waals surface area (Å²) in [6.07, 6.45) is 4.18. The van der Waals surface area contributed by atoms with Crippen molar-refractivity contribution in [3.8, 4) is 17.1 Å². The van der Waals surface area contributed by atoms with Crippen molar-refractivity contribution in [1.29, 1.82) is 0 Å². The van der Waals surface area contributed by atoms with E-state index in [0.717, 1.165) is 36.6 Å². The zero-order valence-electron chi connectivity index (χ0n) is 16.6. The summed E-state index contributed by atoms with van der Waals surface area (Å²) in [5.74, 6) is 0.362. The van der Waals surface area contributed by atoms with Crippen molar-refractivity contribution in [2.45, 2.75) is 32.1 Å². The Kier molecular flexibility index (Phi) is 4.90. The van der Waals surface area contributed by atoms with E-state index in [4.69, 9.17) is 20.8 Å². The van der Waals surface area contributed by atoms with Crippen molar-refractivity contribution in [2.24, 2.45) is 10.8 Å². The lowest BCUT2D eigenvalue weighted by molar-refractivity contribution is -0.225. The lowest BCUT2D eigenvalue weighted by atomic mass is 9.34. The zero-order chi connectivity index (χ0) is 21.8. The van der Waals surface area contributed by atoms with Gasteiger partial charge in [-0.05, 0) is 67.9 Å². The number of ether oxygens (including phenoxy) is 1. The third-order valence-corrected chi connectivity index (χ3v) is 7.41. The number of rotatable bonds is 7. The van der Waals surface area contributed by atoms with Crippen LogP contribution in [0, 0.1) is 10.8 Å². The standard InChI is InChI=1S/C24H20BrClO5/c25-14-5-6-16(20-10-18(27)15-3-1-4-17(26)21(15)31-20)19(9-14)30-8-2-7-23-11-24(12-23,13-23)22(28)29/h1,3-6,9-10H,2,7-8,11-13H2,(H,28,29). The number of halogens is 2. The molecule has 0 unspecified atom stereocenters. The molecular formula is C24H20BrClO5. The molecule has 0 atom stereocenters. The molecule has 0 aliphatic heterocycles. The fourth-order valence-electron chi connectivity index (χ4n) is 5.21. The van der Waals surface area contributed by atoms with Gasteiger partial charge in [0.15, 0.2) is 11.0 Å². The smallest absolute Gasteiger partial charge is 0.309 e. The Balaban J connectivity index is 1.33. The van der Waals surface area contributed by atoms with E-state index in [-0.39, 0.29) is 10.8 Å². The summed E-state index contributed by atoms with van der Waals surface area (Å²) in [6.45, 7) is 0.504. The van der Waals surface area contributed by atoms with Crippen LogP contribution in [0.15, 0.2) is 56.1 Å². The fourth-order valence-corrected chi connectivity index (χ4v) is 5.77. The highest BCUT2D eigenvalue weighted by atomic mass is 79.9. The fraction of sp³-hybridized carbons (Fsp3) is 0.333. The third-order valence-electron chi connectivity index (χ3n) is 6.62. The van der Waals surface area contributed by atoms with E-state index in [1.54, 1.807) is 18.2 Å². The summed E-state index contributed by atoms with van der Waals surface area (Å²) in [7, 11) is 0. The summed E-state index contributed by atoms with van der Waals surface area (Å²) >= 11 is 9.72. The van der Waals surface area contributed by atoms with Crippen molar-refractivity contribution in [3.05, 3.63) is 62.2 Å². The van der Waals surface area contributed by atoms with Gasteiger partial charge in [0.05, 0.1) is 28.0 Å².